The van der Waals surface area contributed by atoms with Crippen LogP contribution in [0.1, 0.15) is 5.56 Å². The standard InChI is InChI=1S/C9H6BrClO2/c10-7-3-1-6(2-4-7)8(11)5-9(12)13/h1-5H,(H,12,13)/b8-5+. The molecule has 0 fully saturated rings. The summed E-state index contributed by atoms with van der Waals surface area (Å²) < 4.78 is 0.927. The summed E-state index contributed by atoms with van der Waals surface area (Å²) in [7, 11) is 0. The van der Waals surface area contributed by atoms with Crippen LogP contribution in [0, 0.1) is 0 Å². The van der Waals surface area contributed by atoms with E-state index in [4.69, 9.17) is 16.7 Å². The number of halogens is 2. The summed E-state index contributed by atoms with van der Waals surface area (Å²) in [5.41, 5.74) is 0.687. The molecule has 1 rings (SSSR count). The van der Waals surface area contributed by atoms with E-state index in [9.17, 15) is 4.79 Å². The Morgan fingerprint density at radius 3 is 2.38 bits per heavy atom. The molecule has 1 aromatic carbocycles. The summed E-state index contributed by atoms with van der Waals surface area (Å²) in [5.74, 6) is -1.05. The largest absolute Gasteiger partial charge is 0.478 e. The summed E-state index contributed by atoms with van der Waals surface area (Å²) in [6.07, 6.45) is 0.963. The highest BCUT2D eigenvalue weighted by molar-refractivity contribution is 9.10. The van der Waals surface area contributed by atoms with Gasteiger partial charge in [-0.15, -0.1) is 0 Å². The Kier molecular flexibility index (Phi) is 3.51. The Morgan fingerprint density at radius 2 is 1.92 bits per heavy atom. The third kappa shape index (κ3) is 3.20. The van der Waals surface area contributed by atoms with Gasteiger partial charge in [0.15, 0.2) is 0 Å². The molecular formula is C9H6BrClO2. The minimum absolute atomic E-state index is 0.222. The van der Waals surface area contributed by atoms with Crippen LogP contribution in [-0.2, 0) is 4.79 Å². The molecule has 13 heavy (non-hydrogen) atoms. The Bertz CT molecular complexity index is 343. The molecule has 0 saturated carbocycles. The van der Waals surface area contributed by atoms with Gasteiger partial charge in [-0.3, -0.25) is 0 Å². The zero-order valence-corrected chi connectivity index (χ0v) is 8.84. The molecule has 0 unspecified atom stereocenters. The first-order chi connectivity index (χ1) is 6.09. The van der Waals surface area contributed by atoms with E-state index in [2.05, 4.69) is 15.9 Å². The van der Waals surface area contributed by atoms with E-state index < -0.39 is 5.97 Å². The Morgan fingerprint density at radius 1 is 1.38 bits per heavy atom. The van der Waals surface area contributed by atoms with Crippen molar-refractivity contribution in [3.05, 3.63) is 40.4 Å². The molecule has 0 aliphatic carbocycles. The van der Waals surface area contributed by atoms with Gasteiger partial charge in [-0.1, -0.05) is 39.7 Å². The second-order valence-corrected chi connectivity index (χ2v) is 3.66. The highest BCUT2D eigenvalue weighted by Crippen LogP contribution is 2.20. The Balaban J connectivity index is 2.96. The number of carbonyl (C=O) groups is 1. The van der Waals surface area contributed by atoms with Gasteiger partial charge in [0.25, 0.3) is 0 Å². The van der Waals surface area contributed by atoms with E-state index in [1.54, 1.807) is 24.3 Å². The van der Waals surface area contributed by atoms with E-state index in [0.717, 1.165) is 10.5 Å². The number of aliphatic carboxylic acids is 1. The van der Waals surface area contributed by atoms with Crippen molar-refractivity contribution in [1.82, 2.24) is 0 Å². The fourth-order valence-electron chi connectivity index (χ4n) is 0.801. The number of carboxylic acid groups (broad SMARTS) is 1. The lowest BCUT2D eigenvalue weighted by Crippen LogP contribution is -1.88. The van der Waals surface area contributed by atoms with Gasteiger partial charge in [0.2, 0.25) is 0 Å². The fourth-order valence-corrected chi connectivity index (χ4v) is 1.28. The molecule has 0 heterocycles. The van der Waals surface area contributed by atoms with Gasteiger partial charge in [-0.25, -0.2) is 4.79 Å². The minimum Gasteiger partial charge on any atom is -0.478 e. The SMILES string of the molecule is O=C(O)/C=C(/Cl)c1ccc(Br)cc1. The lowest BCUT2D eigenvalue weighted by atomic mass is 10.2. The van der Waals surface area contributed by atoms with Crippen molar-refractivity contribution in [3.63, 3.8) is 0 Å². The number of hydrogen-bond donors (Lipinski definition) is 1. The summed E-state index contributed by atoms with van der Waals surface area (Å²) in [6, 6.07) is 7.08. The van der Waals surface area contributed by atoms with Crippen molar-refractivity contribution >= 4 is 38.5 Å². The van der Waals surface area contributed by atoms with Crippen LogP contribution in [0.5, 0.6) is 0 Å². The minimum atomic E-state index is -1.05. The molecule has 0 aliphatic rings. The number of carboxylic acids is 1. The van der Waals surface area contributed by atoms with E-state index in [1.807, 2.05) is 0 Å². The van der Waals surface area contributed by atoms with Crippen LogP contribution < -0.4 is 0 Å². The van der Waals surface area contributed by atoms with Crippen LogP contribution in [0.3, 0.4) is 0 Å². The Hall–Kier alpha value is -0.800. The zero-order valence-electron chi connectivity index (χ0n) is 6.50. The van der Waals surface area contributed by atoms with E-state index in [-0.39, 0.29) is 5.03 Å². The van der Waals surface area contributed by atoms with E-state index in [0.29, 0.717) is 5.56 Å². The lowest BCUT2D eigenvalue weighted by Gasteiger charge is -1.97. The molecule has 0 amide bonds. The molecule has 2 nitrogen and oxygen atoms in total. The van der Waals surface area contributed by atoms with Crippen LogP contribution >= 0.6 is 27.5 Å². The second-order valence-electron chi connectivity index (χ2n) is 2.34. The summed E-state index contributed by atoms with van der Waals surface area (Å²) in [4.78, 5) is 10.3. The predicted molar refractivity (Wildman–Crippen MR) is 55.6 cm³/mol. The molecule has 0 radical (unpaired) electrons. The third-order valence-corrected chi connectivity index (χ3v) is 2.23. The topological polar surface area (TPSA) is 37.3 Å². The van der Waals surface area contributed by atoms with Gasteiger partial charge in [0, 0.05) is 10.5 Å². The van der Waals surface area contributed by atoms with Crippen LogP contribution in [0.2, 0.25) is 0 Å². The van der Waals surface area contributed by atoms with Crippen molar-refractivity contribution in [3.8, 4) is 0 Å². The molecule has 1 N–H and O–H groups in total. The number of benzene rings is 1. The zero-order chi connectivity index (χ0) is 9.84. The molecule has 4 heteroatoms. The van der Waals surface area contributed by atoms with E-state index in [1.165, 1.54) is 0 Å². The molecular weight excluding hydrogens is 255 g/mol. The quantitative estimate of drug-likeness (QED) is 0.831. The van der Waals surface area contributed by atoms with Crippen LogP contribution in [0.15, 0.2) is 34.8 Å². The van der Waals surface area contributed by atoms with Crippen molar-refractivity contribution in [2.75, 3.05) is 0 Å². The van der Waals surface area contributed by atoms with Crippen molar-refractivity contribution in [1.29, 1.82) is 0 Å². The lowest BCUT2D eigenvalue weighted by molar-refractivity contribution is -0.131. The molecule has 0 aliphatic heterocycles. The molecule has 68 valence electrons. The Labute approximate surface area is 89.0 Å². The maximum Gasteiger partial charge on any atom is 0.329 e. The normalized spacial score (nSPS) is 11.4. The molecule has 0 saturated heterocycles. The third-order valence-electron chi connectivity index (χ3n) is 1.37. The van der Waals surface area contributed by atoms with Crippen molar-refractivity contribution < 1.29 is 9.90 Å². The first kappa shape index (κ1) is 10.3. The van der Waals surface area contributed by atoms with Crippen LogP contribution in [0.4, 0.5) is 0 Å². The summed E-state index contributed by atoms with van der Waals surface area (Å²) >= 11 is 8.99. The van der Waals surface area contributed by atoms with Gasteiger partial charge in [-0.05, 0) is 17.7 Å². The molecule has 1 aromatic rings. The number of hydrogen-bond acceptors (Lipinski definition) is 1. The average Bonchev–Trinajstić information content (AvgIpc) is 2.04. The first-order valence-electron chi connectivity index (χ1n) is 3.45. The van der Waals surface area contributed by atoms with Crippen molar-refractivity contribution in [2.24, 2.45) is 0 Å². The molecule has 0 atom stereocenters. The predicted octanol–water partition coefficient (Wildman–Crippen LogP) is 3.11. The molecule has 0 bridgehead atoms. The number of rotatable bonds is 2. The fraction of sp³-hybridized carbons (Fsp3) is 0. The van der Waals surface area contributed by atoms with Crippen LogP contribution in [-0.4, -0.2) is 11.1 Å². The molecule has 0 spiro atoms. The first-order valence-corrected chi connectivity index (χ1v) is 4.63. The smallest absolute Gasteiger partial charge is 0.329 e. The van der Waals surface area contributed by atoms with Crippen molar-refractivity contribution in [2.45, 2.75) is 0 Å². The highest BCUT2D eigenvalue weighted by Gasteiger charge is 1.99. The molecule has 0 aromatic heterocycles. The van der Waals surface area contributed by atoms with Gasteiger partial charge < -0.3 is 5.11 Å². The van der Waals surface area contributed by atoms with E-state index >= 15 is 0 Å². The maximum absolute atomic E-state index is 10.3. The highest BCUT2D eigenvalue weighted by atomic mass is 79.9. The average molecular weight is 262 g/mol. The van der Waals surface area contributed by atoms with Gasteiger partial charge in [-0.2, -0.15) is 0 Å². The van der Waals surface area contributed by atoms with Gasteiger partial charge in [0.1, 0.15) is 0 Å². The second kappa shape index (κ2) is 4.44. The van der Waals surface area contributed by atoms with Gasteiger partial charge in [0.05, 0.1) is 5.03 Å². The summed E-state index contributed by atoms with van der Waals surface area (Å²) in [5, 5.41) is 8.65. The maximum atomic E-state index is 10.3. The van der Waals surface area contributed by atoms with Crippen LogP contribution in [0.25, 0.3) is 5.03 Å². The van der Waals surface area contributed by atoms with Gasteiger partial charge >= 0.3 is 5.97 Å². The summed E-state index contributed by atoms with van der Waals surface area (Å²) in [6.45, 7) is 0. The monoisotopic (exact) mass is 260 g/mol.